The largest absolute Gasteiger partial charge is 0.437 e. The summed E-state index contributed by atoms with van der Waals surface area (Å²) in [5.41, 5.74) is 0. The van der Waals surface area contributed by atoms with E-state index in [0.29, 0.717) is 30.5 Å². The first-order valence-electron chi connectivity index (χ1n) is 8.29. The zero-order valence-electron chi connectivity index (χ0n) is 15.1. The third-order valence-corrected chi connectivity index (χ3v) is 4.13. The van der Waals surface area contributed by atoms with Gasteiger partial charge >= 0.3 is 0 Å². The van der Waals surface area contributed by atoms with E-state index in [0.717, 1.165) is 10.8 Å². The number of anilines is 1. The van der Waals surface area contributed by atoms with E-state index in [9.17, 15) is 4.79 Å². The van der Waals surface area contributed by atoms with Gasteiger partial charge in [0.15, 0.2) is 5.82 Å². The summed E-state index contributed by atoms with van der Waals surface area (Å²) in [4.78, 5) is 27.7. The van der Waals surface area contributed by atoms with Crippen molar-refractivity contribution in [1.29, 1.82) is 0 Å². The van der Waals surface area contributed by atoms with Gasteiger partial charge in [0.2, 0.25) is 11.8 Å². The van der Waals surface area contributed by atoms with Crippen LogP contribution < -0.4 is 9.64 Å². The lowest BCUT2D eigenvalue weighted by molar-refractivity contribution is -0.127. The second-order valence-corrected chi connectivity index (χ2v) is 6.06. The Labute approximate surface area is 152 Å². The predicted molar refractivity (Wildman–Crippen MR) is 100 cm³/mol. The van der Waals surface area contributed by atoms with Crippen molar-refractivity contribution in [2.45, 2.75) is 6.92 Å². The monoisotopic (exact) mass is 351 g/mol. The van der Waals surface area contributed by atoms with E-state index < -0.39 is 0 Å². The van der Waals surface area contributed by atoms with E-state index in [4.69, 9.17) is 4.74 Å². The molecule has 0 unspecified atom stereocenters. The number of fused-ring (bicyclic) bond motifs is 1. The number of nitrogens with zero attached hydrogens (tertiary/aromatic N) is 5. The fourth-order valence-corrected chi connectivity index (χ4v) is 2.39. The van der Waals surface area contributed by atoms with Gasteiger partial charge in [-0.3, -0.25) is 14.8 Å². The van der Waals surface area contributed by atoms with Crippen LogP contribution in [-0.2, 0) is 4.79 Å². The zero-order valence-corrected chi connectivity index (χ0v) is 15.1. The number of likely N-dealkylation sites (N-methyl/N-ethyl adjacent to an activating group) is 2. The Morgan fingerprint density at radius 1 is 1.04 bits per heavy atom. The number of hydrogen-bond donors (Lipinski definition) is 0. The molecule has 0 atom stereocenters. The third kappa shape index (κ3) is 4.24. The van der Waals surface area contributed by atoms with Gasteiger partial charge in [0.1, 0.15) is 5.75 Å². The highest BCUT2D eigenvalue weighted by molar-refractivity contribution is 5.82. The fraction of sp³-hybridized carbons (Fsp3) is 0.263. The summed E-state index contributed by atoms with van der Waals surface area (Å²) in [6.45, 7) is 2.81. The lowest BCUT2D eigenvalue weighted by Crippen LogP contribution is -2.33. The summed E-state index contributed by atoms with van der Waals surface area (Å²) in [6.07, 6.45) is 6.80. The SMILES string of the molecule is CC(=O)N(C)CCN(C)c1cncc(Oc2ccc3ccncc3c2)n1. The Hall–Kier alpha value is -3.22. The molecule has 7 heteroatoms. The van der Waals surface area contributed by atoms with Gasteiger partial charge in [0, 0.05) is 51.9 Å². The molecule has 7 nitrogen and oxygen atoms in total. The molecule has 1 aromatic carbocycles. The average Bonchev–Trinajstić information content (AvgIpc) is 2.65. The number of amides is 1. The number of ether oxygens (including phenoxy) is 1. The van der Waals surface area contributed by atoms with Crippen molar-refractivity contribution in [3.63, 3.8) is 0 Å². The molecule has 0 aliphatic heterocycles. The number of carbonyl (C=O) groups is 1. The summed E-state index contributed by atoms with van der Waals surface area (Å²) in [6, 6.07) is 7.74. The van der Waals surface area contributed by atoms with Crippen molar-refractivity contribution in [3.05, 3.63) is 49.1 Å². The number of pyridine rings is 1. The molecule has 2 heterocycles. The van der Waals surface area contributed by atoms with E-state index in [2.05, 4.69) is 15.0 Å². The number of aromatic nitrogens is 3. The predicted octanol–water partition coefficient (Wildman–Crippen LogP) is 2.73. The first kappa shape index (κ1) is 17.6. The van der Waals surface area contributed by atoms with Crippen LogP contribution in [0.4, 0.5) is 5.82 Å². The van der Waals surface area contributed by atoms with Crippen LogP contribution in [0, 0.1) is 0 Å². The van der Waals surface area contributed by atoms with Crippen LogP contribution in [0.25, 0.3) is 10.8 Å². The first-order valence-corrected chi connectivity index (χ1v) is 8.29. The molecule has 0 spiro atoms. The van der Waals surface area contributed by atoms with E-state index in [1.165, 1.54) is 0 Å². The van der Waals surface area contributed by atoms with Crippen LogP contribution >= 0.6 is 0 Å². The topological polar surface area (TPSA) is 71.5 Å². The van der Waals surface area contributed by atoms with Crippen LogP contribution in [0.15, 0.2) is 49.1 Å². The van der Waals surface area contributed by atoms with Crippen molar-refractivity contribution in [3.8, 4) is 11.6 Å². The maximum atomic E-state index is 11.3. The molecule has 26 heavy (non-hydrogen) atoms. The van der Waals surface area contributed by atoms with Gasteiger partial charge in [-0.15, -0.1) is 0 Å². The summed E-state index contributed by atoms with van der Waals surface area (Å²) in [7, 11) is 3.68. The quantitative estimate of drug-likeness (QED) is 0.680. The second-order valence-electron chi connectivity index (χ2n) is 6.06. The van der Waals surface area contributed by atoms with Crippen LogP contribution in [0.5, 0.6) is 11.6 Å². The first-order chi connectivity index (χ1) is 12.5. The molecule has 0 saturated carbocycles. The van der Waals surface area contributed by atoms with Gasteiger partial charge in [-0.1, -0.05) is 6.07 Å². The van der Waals surface area contributed by atoms with Crippen molar-refractivity contribution in [1.82, 2.24) is 19.9 Å². The minimum atomic E-state index is 0.0346. The smallest absolute Gasteiger partial charge is 0.239 e. The van der Waals surface area contributed by atoms with Gasteiger partial charge in [0.25, 0.3) is 0 Å². The van der Waals surface area contributed by atoms with Crippen molar-refractivity contribution in [2.24, 2.45) is 0 Å². The van der Waals surface area contributed by atoms with Gasteiger partial charge in [0.05, 0.1) is 12.4 Å². The minimum absolute atomic E-state index is 0.0346. The second kappa shape index (κ2) is 7.77. The summed E-state index contributed by atoms with van der Waals surface area (Å²) in [5, 5.41) is 2.10. The Balaban J connectivity index is 1.70. The highest BCUT2D eigenvalue weighted by atomic mass is 16.5. The zero-order chi connectivity index (χ0) is 18.5. The van der Waals surface area contributed by atoms with Crippen LogP contribution in [0.2, 0.25) is 0 Å². The van der Waals surface area contributed by atoms with Gasteiger partial charge in [-0.2, -0.15) is 4.98 Å². The Morgan fingerprint density at radius 2 is 1.88 bits per heavy atom. The summed E-state index contributed by atoms with van der Waals surface area (Å²) < 4.78 is 5.85. The molecule has 0 aliphatic rings. The number of hydrogen-bond acceptors (Lipinski definition) is 6. The standard InChI is InChI=1S/C19H21N5O2/c1-14(25)23(2)8-9-24(3)18-12-21-13-19(22-18)26-17-5-4-15-6-7-20-11-16(15)10-17/h4-7,10-13H,8-9H2,1-3H3. The van der Waals surface area contributed by atoms with E-state index >= 15 is 0 Å². The van der Waals surface area contributed by atoms with Crippen LogP contribution in [0.1, 0.15) is 6.92 Å². The van der Waals surface area contributed by atoms with Crippen molar-refractivity contribution >= 4 is 22.5 Å². The number of benzene rings is 1. The van der Waals surface area contributed by atoms with E-state index in [1.807, 2.05) is 36.2 Å². The maximum absolute atomic E-state index is 11.3. The Morgan fingerprint density at radius 3 is 2.69 bits per heavy atom. The number of rotatable bonds is 6. The molecule has 0 fully saturated rings. The molecule has 0 N–H and O–H groups in total. The minimum Gasteiger partial charge on any atom is -0.437 e. The summed E-state index contributed by atoms with van der Waals surface area (Å²) >= 11 is 0. The van der Waals surface area contributed by atoms with Gasteiger partial charge in [-0.25, -0.2) is 0 Å². The van der Waals surface area contributed by atoms with Gasteiger partial charge < -0.3 is 14.5 Å². The molecule has 0 bridgehead atoms. The van der Waals surface area contributed by atoms with E-state index in [-0.39, 0.29) is 5.91 Å². The van der Waals surface area contributed by atoms with Crippen molar-refractivity contribution in [2.75, 3.05) is 32.1 Å². The maximum Gasteiger partial charge on any atom is 0.239 e. The normalized spacial score (nSPS) is 10.6. The molecule has 3 aromatic rings. The van der Waals surface area contributed by atoms with Crippen LogP contribution in [0.3, 0.4) is 0 Å². The molecular formula is C19H21N5O2. The molecule has 0 saturated heterocycles. The highest BCUT2D eigenvalue weighted by Crippen LogP contribution is 2.24. The Kier molecular flexibility index (Phi) is 5.26. The molecule has 0 radical (unpaired) electrons. The number of carbonyl (C=O) groups excluding carboxylic acids is 1. The highest BCUT2D eigenvalue weighted by Gasteiger charge is 2.09. The molecular weight excluding hydrogens is 330 g/mol. The molecule has 3 rings (SSSR count). The van der Waals surface area contributed by atoms with Gasteiger partial charge in [-0.05, 0) is 23.6 Å². The molecule has 134 valence electrons. The molecule has 2 aromatic heterocycles. The summed E-state index contributed by atoms with van der Waals surface area (Å²) in [5.74, 6) is 1.81. The van der Waals surface area contributed by atoms with Crippen LogP contribution in [-0.4, -0.2) is 52.9 Å². The molecule has 1 amide bonds. The fourth-order valence-electron chi connectivity index (χ4n) is 2.39. The molecule has 0 aliphatic carbocycles. The van der Waals surface area contributed by atoms with E-state index in [1.54, 1.807) is 43.7 Å². The Bertz CT molecular complexity index is 915. The lowest BCUT2D eigenvalue weighted by Gasteiger charge is -2.22. The van der Waals surface area contributed by atoms with Crippen molar-refractivity contribution < 1.29 is 9.53 Å². The lowest BCUT2D eigenvalue weighted by atomic mass is 10.2. The third-order valence-electron chi connectivity index (χ3n) is 4.13. The average molecular weight is 351 g/mol.